The topological polar surface area (TPSA) is 104 Å². The zero-order valence-corrected chi connectivity index (χ0v) is 19.5. The van der Waals surface area contributed by atoms with Crippen LogP contribution in [0.5, 0.6) is 0 Å². The van der Waals surface area contributed by atoms with Crippen molar-refractivity contribution in [2.75, 3.05) is 18.5 Å². The van der Waals surface area contributed by atoms with Crippen LogP contribution in [-0.4, -0.2) is 40.4 Å². The van der Waals surface area contributed by atoms with Crippen LogP contribution in [0.2, 0.25) is 0 Å². The number of hydrogen-bond donors (Lipinski definition) is 1. The molecule has 1 fully saturated rings. The summed E-state index contributed by atoms with van der Waals surface area (Å²) in [5, 5.41) is 12.4. The van der Waals surface area contributed by atoms with Gasteiger partial charge in [0.15, 0.2) is 6.61 Å². The monoisotopic (exact) mass is 460 g/mol. The number of anilines is 1. The first-order valence-corrected chi connectivity index (χ1v) is 11.5. The summed E-state index contributed by atoms with van der Waals surface area (Å²) in [6, 6.07) is 9.60. The molecule has 4 rings (SSSR count). The fourth-order valence-electron chi connectivity index (χ4n) is 4.87. The molecule has 1 aliphatic carbocycles. The Hall–Kier alpha value is -3.86. The van der Waals surface area contributed by atoms with E-state index in [1.54, 1.807) is 12.1 Å². The highest BCUT2D eigenvalue weighted by Crippen LogP contribution is 2.37. The summed E-state index contributed by atoms with van der Waals surface area (Å²) in [6.45, 7) is 7.44. The highest BCUT2D eigenvalue weighted by atomic mass is 16.5. The van der Waals surface area contributed by atoms with Gasteiger partial charge in [0.25, 0.3) is 11.8 Å². The first-order valence-electron chi connectivity index (χ1n) is 11.5. The molecule has 34 heavy (non-hydrogen) atoms. The minimum Gasteiger partial charge on any atom is -0.456 e. The van der Waals surface area contributed by atoms with E-state index in [1.165, 1.54) is 4.90 Å². The normalized spacial score (nSPS) is 15.4. The number of esters is 1. The Morgan fingerprint density at radius 1 is 1.21 bits per heavy atom. The maximum Gasteiger partial charge on any atom is 0.308 e. The van der Waals surface area contributed by atoms with Crippen molar-refractivity contribution in [3.8, 4) is 6.07 Å². The van der Waals surface area contributed by atoms with Crippen molar-refractivity contribution in [2.24, 2.45) is 0 Å². The number of carbonyl (C=O) groups excluding carboxylic acids is 3. The summed E-state index contributed by atoms with van der Waals surface area (Å²) >= 11 is 0. The van der Waals surface area contributed by atoms with Crippen molar-refractivity contribution in [1.82, 2.24) is 9.47 Å². The zero-order chi connectivity index (χ0) is 24.4. The second-order valence-corrected chi connectivity index (χ2v) is 8.76. The number of carbonyl (C=O) groups is 3. The molecule has 1 aromatic carbocycles. The average Bonchev–Trinajstić information content (AvgIpc) is 3.50. The molecule has 2 aliphatic rings. The van der Waals surface area contributed by atoms with Crippen molar-refractivity contribution in [3.63, 3.8) is 0 Å². The van der Waals surface area contributed by atoms with E-state index in [0.717, 1.165) is 42.5 Å². The molecule has 0 radical (unpaired) electrons. The van der Waals surface area contributed by atoms with Gasteiger partial charge in [0.1, 0.15) is 11.9 Å². The molecule has 0 bridgehead atoms. The maximum atomic E-state index is 12.6. The highest BCUT2D eigenvalue weighted by molar-refractivity contribution is 6.08. The first-order chi connectivity index (χ1) is 16.3. The van der Waals surface area contributed by atoms with Gasteiger partial charge < -0.3 is 19.5 Å². The number of nitrogens with zero attached hydrogens (tertiary/aromatic N) is 3. The van der Waals surface area contributed by atoms with Gasteiger partial charge in [0.2, 0.25) is 0 Å². The molecular weight excluding hydrogens is 432 g/mol. The molecule has 8 heteroatoms. The number of benzene rings is 1. The zero-order valence-electron chi connectivity index (χ0n) is 19.5. The summed E-state index contributed by atoms with van der Waals surface area (Å²) in [5.74, 6) is -0.822. The number of nitrogens with one attached hydrogen (secondary N) is 1. The van der Waals surface area contributed by atoms with Gasteiger partial charge in [-0.3, -0.25) is 14.4 Å². The van der Waals surface area contributed by atoms with Crippen LogP contribution < -0.4 is 5.32 Å². The third kappa shape index (κ3) is 4.21. The van der Waals surface area contributed by atoms with Gasteiger partial charge in [-0.2, -0.15) is 5.26 Å². The van der Waals surface area contributed by atoms with Crippen molar-refractivity contribution in [3.05, 3.63) is 58.8 Å². The Bertz CT molecular complexity index is 1180. The number of ether oxygens (including phenoxy) is 1. The fourth-order valence-corrected chi connectivity index (χ4v) is 4.87. The molecule has 1 saturated carbocycles. The van der Waals surface area contributed by atoms with Gasteiger partial charge in [-0.15, -0.1) is 0 Å². The maximum absolute atomic E-state index is 12.6. The van der Waals surface area contributed by atoms with Gasteiger partial charge in [-0.05, 0) is 38.3 Å². The predicted molar refractivity (Wildman–Crippen MR) is 127 cm³/mol. The van der Waals surface area contributed by atoms with E-state index in [4.69, 9.17) is 4.74 Å². The molecule has 2 aromatic rings. The number of fused-ring (bicyclic) bond motifs is 1. The van der Waals surface area contributed by atoms with Crippen LogP contribution in [-0.2, 0) is 14.3 Å². The number of rotatable bonds is 7. The quantitative estimate of drug-likeness (QED) is 0.627. The van der Waals surface area contributed by atoms with E-state index in [-0.39, 0.29) is 24.9 Å². The van der Waals surface area contributed by atoms with Gasteiger partial charge in [-0.25, -0.2) is 0 Å². The van der Waals surface area contributed by atoms with E-state index in [9.17, 15) is 19.6 Å². The molecule has 8 nitrogen and oxygen atoms in total. The van der Waals surface area contributed by atoms with Crippen molar-refractivity contribution in [2.45, 2.75) is 52.0 Å². The molecule has 1 N–H and O–H groups in total. The largest absolute Gasteiger partial charge is 0.456 e. The SMILES string of the molecule is C=C1c2ccccc2C(=O)N1CCC(=O)OCC(=O)Nc1c(C#N)c(C)c(C)n1C1CCCC1. The van der Waals surface area contributed by atoms with E-state index in [0.29, 0.717) is 22.6 Å². The van der Waals surface area contributed by atoms with Crippen LogP contribution in [0.1, 0.15) is 70.9 Å². The second kappa shape index (κ2) is 9.56. The van der Waals surface area contributed by atoms with Crippen LogP contribution in [0.15, 0.2) is 30.8 Å². The second-order valence-electron chi connectivity index (χ2n) is 8.76. The van der Waals surface area contributed by atoms with E-state index in [2.05, 4.69) is 18.0 Å². The van der Waals surface area contributed by atoms with Crippen LogP contribution in [0.25, 0.3) is 5.70 Å². The number of hydrogen-bond acceptors (Lipinski definition) is 5. The Morgan fingerprint density at radius 3 is 2.53 bits per heavy atom. The molecular formula is C26H28N4O4. The lowest BCUT2D eigenvalue weighted by atomic mass is 10.1. The first kappa shape index (κ1) is 23.3. The lowest BCUT2D eigenvalue weighted by Crippen LogP contribution is -2.28. The van der Waals surface area contributed by atoms with Gasteiger partial charge in [0.05, 0.1) is 12.0 Å². The highest BCUT2D eigenvalue weighted by Gasteiger charge is 2.31. The summed E-state index contributed by atoms with van der Waals surface area (Å²) in [4.78, 5) is 38.9. The number of amides is 2. The Morgan fingerprint density at radius 2 is 1.88 bits per heavy atom. The minimum absolute atomic E-state index is 0.0634. The average molecular weight is 461 g/mol. The van der Waals surface area contributed by atoms with Crippen LogP contribution in [0, 0.1) is 25.2 Å². The molecule has 1 aliphatic heterocycles. The predicted octanol–water partition coefficient (Wildman–Crippen LogP) is 4.09. The summed E-state index contributed by atoms with van der Waals surface area (Å²) in [7, 11) is 0. The third-order valence-electron chi connectivity index (χ3n) is 6.76. The molecule has 0 atom stereocenters. The smallest absolute Gasteiger partial charge is 0.308 e. The van der Waals surface area contributed by atoms with Crippen LogP contribution >= 0.6 is 0 Å². The summed E-state index contributed by atoms with van der Waals surface area (Å²) in [6.07, 6.45) is 4.17. The molecule has 2 amide bonds. The number of aromatic nitrogens is 1. The molecule has 0 spiro atoms. The minimum atomic E-state index is -0.592. The Labute approximate surface area is 198 Å². The molecule has 176 valence electrons. The Kier molecular flexibility index (Phi) is 6.55. The standard InChI is InChI=1S/C26H28N4O4/c1-16-17(2)30(19-8-4-5-9-19)25(22(16)14-27)28-23(31)15-34-24(32)12-13-29-18(3)20-10-6-7-11-21(20)26(29)33/h6-7,10-11,19H,3-5,8-9,12-13,15H2,1-2H3,(H,28,31). The molecule has 2 heterocycles. The van der Waals surface area contributed by atoms with Crippen molar-refractivity contribution >= 4 is 29.3 Å². The van der Waals surface area contributed by atoms with Gasteiger partial charge >= 0.3 is 5.97 Å². The molecule has 0 saturated heterocycles. The van der Waals surface area contributed by atoms with E-state index < -0.39 is 18.5 Å². The number of nitriles is 1. The summed E-state index contributed by atoms with van der Waals surface area (Å²) < 4.78 is 7.19. The van der Waals surface area contributed by atoms with Gasteiger partial charge in [0, 0.05) is 35.1 Å². The lowest BCUT2D eigenvalue weighted by molar-refractivity contribution is -0.147. The van der Waals surface area contributed by atoms with Crippen molar-refractivity contribution < 1.29 is 19.1 Å². The Balaban J connectivity index is 1.34. The van der Waals surface area contributed by atoms with Crippen molar-refractivity contribution in [1.29, 1.82) is 5.26 Å². The lowest BCUT2D eigenvalue weighted by Gasteiger charge is -2.19. The van der Waals surface area contributed by atoms with Gasteiger partial charge in [-0.1, -0.05) is 37.6 Å². The van der Waals surface area contributed by atoms with Crippen LogP contribution in [0.3, 0.4) is 0 Å². The third-order valence-corrected chi connectivity index (χ3v) is 6.76. The van der Waals surface area contributed by atoms with E-state index >= 15 is 0 Å². The summed E-state index contributed by atoms with van der Waals surface area (Å²) in [5.41, 5.74) is 4.11. The van der Waals surface area contributed by atoms with E-state index in [1.807, 2.05) is 30.5 Å². The van der Waals surface area contributed by atoms with Crippen LogP contribution in [0.4, 0.5) is 5.82 Å². The molecule has 1 aromatic heterocycles. The fraction of sp³-hybridized carbons (Fsp3) is 0.385. The molecule has 0 unspecified atom stereocenters.